The van der Waals surface area contributed by atoms with Crippen molar-refractivity contribution in [3.8, 4) is 0 Å². The second-order valence-electron chi connectivity index (χ2n) is 6.80. The van der Waals surface area contributed by atoms with Gasteiger partial charge in [0.05, 0.1) is 0 Å². The van der Waals surface area contributed by atoms with Gasteiger partial charge in [-0.2, -0.15) is 5.10 Å². The third-order valence-electron chi connectivity index (χ3n) is 5.02. The number of carbonyl (C=O) groups excluding carboxylic acids is 1. The van der Waals surface area contributed by atoms with Crippen molar-refractivity contribution in [1.82, 2.24) is 20.8 Å². The van der Waals surface area contributed by atoms with Crippen LogP contribution in [0, 0.1) is 5.41 Å². The first-order valence-corrected chi connectivity index (χ1v) is 8.35. The molecule has 120 valence electrons. The lowest BCUT2D eigenvalue weighted by Gasteiger charge is -2.17. The number of hydrogen-bond acceptors (Lipinski definition) is 3. The molecule has 1 fully saturated rings. The lowest BCUT2D eigenvalue weighted by Crippen LogP contribution is -2.33. The Labute approximate surface area is 135 Å². The topological polar surface area (TPSA) is 69.8 Å². The molecular weight excluding hydrogens is 288 g/mol. The van der Waals surface area contributed by atoms with Crippen LogP contribution in [0.5, 0.6) is 0 Å². The van der Waals surface area contributed by atoms with Gasteiger partial charge >= 0.3 is 0 Å². The largest absolute Gasteiger partial charge is 0.350 e. The van der Waals surface area contributed by atoms with Crippen LogP contribution in [0.2, 0.25) is 0 Å². The van der Waals surface area contributed by atoms with Gasteiger partial charge in [-0.1, -0.05) is 30.3 Å². The molecule has 2 aromatic rings. The zero-order chi connectivity index (χ0) is 15.7. The molecule has 2 heterocycles. The maximum atomic E-state index is 12.5. The fourth-order valence-corrected chi connectivity index (χ4v) is 3.39. The number of nitrogens with one attached hydrogen (secondary N) is 3. The standard InChI is InChI=1S/C18H22N4O/c23-17(16-14-11-19-9-6-15(14)21-22-16)20-12-18(7-8-18)10-13-4-2-1-3-5-13/h1-5,19H,6-12H2,(H,20,23)(H,21,22). The molecule has 23 heavy (non-hydrogen) atoms. The summed E-state index contributed by atoms with van der Waals surface area (Å²) in [5.41, 5.74) is 4.27. The van der Waals surface area contributed by atoms with Crippen molar-refractivity contribution in [3.05, 3.63) is 52.8 Å². The Morgan fingerprint density at radius 2 is 2.09 bits per heavy atom. The molecule has 1 aliphatic heterocycles. The van der Waals surface area contributed by atoms with Crippen LogP contribution in [0.1, 0.15) is 40.2 Å². The minimum absolute atomic E-state index is 0.0504. The van der Waals surface area contributed by atoms with Gasteiger partial charge in [-0.05, 0) is 30.2 Å². The lowest BCUT2D eigenvalue weighted by molar-refractivity contribution is 0.0938. The molecule has 1 aliphatic carbocycles. The second-order valence-corrected chi connectivity index (χ2v) is 6.80. The van der Waals surface area contributed by atoms with E-state index in [1.54, 1.807) is 0 Å². The Bertz CT molecular complexity index is 703. The van der Waals surface area contributed by atoms with Gasteiger partial charge < -0.3 is 10.6 Å². The second kappa shape index (κ2) is 5.81. The Kier molecular flexibility index (Phi) is 3.65. The number of fused-ring (bicyclic) bond motifs is 1. The predicted octanol–water partition coefficient (Wildman–Crippen LogP) is 1.81. The summed E-state index contributed by atoms with van der Waals surface area (Å²) in [6.07, 6.45) is 4.31. The summed E-state index contributed by atoms with van der Waals surface area (Å²) in [5.74, 6) is -0.0504. The normalized spacial score (nSPS) is 18.3. The highest BCUT2D eigenvalue weighted by molar-refractivity contribution is 5.94. The minimum atomic E-state index is -0.0504. The fourth-order valence-electron chi connectivity index (χ4n) is 3.39. The van der Waals surface area contributed by atoms with Crippen molar-refractivity contribution < 1.29 is 4.79 Å². The molecule has 1 aromatic carbocycles. The van der Waals surface area contributed by atoms with Crippen LogP contribution in [-0.2, 0) is 19.4 Å². The molecule has 0 unspecified atom stereocenters. The van der Waals surface area contributed by atoms with Gasteiger partial charge in [0.1, 0.15) is 0 Å². The number of rotatable bonds is 5. The van der Waals surface area contributed by atoms with Gasteiger partial charge in [-0.25, -0.2) is 0 Å². The SMILES string of the molecule is O=C(NCC1(Cc2ccccc2)CC1)c1n[nH]c2c1CNCC2. The Morgan fingerprint density at radius 3 is 2.87 bits per heavy atom. The monoisotopic (exact) mass is 310 g/mol. The number of amides is 1. The number of hydrogen-bond donors (Lipinski definition) is 3. The van der Waals surface area contributed by atoms with E-state index >= 15 is 0 Å². The number of aromatic nitrogens is 2. The molecule has 1 aromatic heterocycles. The predicted molar refractivity (Wildman–Crippen MR) is 88.1 cm³/mol. The molecular formula is C18H22N4O. The third kappa shape index (κ3) is 3.01. The van der Waals surface area contributed by atoms with Crippen molar-refractivity contribution >= 4 is 5.91 Å². The zero-order valence-electron chi connectivity index (χ0n) is 13.2. The highest BCUT2D eigenvalue weighted by Gasteiger charge is 2.42. The number of nitrogens with zero attached hydrogens (tertiary/aromatic N) is 1. The first-order valence-electron chi connectivity index (χ1n) is 8.35. The van der Waals surface area contributed by atoms with Crippen LogP contribution in [0.25, 0.3) is 0 Å². The Morgan fingerprint density at radius 1 is 1.26 bits per heavy atom. The summed E-state index contributed by atoms with van der Waals surface area (Å²) in [7, 11) is 0. The summed E-state index contributed by atoms with van der Waals surface area (Å²) >= 11 is 0. The minimum Gasteiger partial charge on any atom is -0.350 e. The molecule has 0 spiro atoms. The molecule has 2 aliphatic rings. The van der Waals surface area contributed by atoms with Gasteiger partial charge in [0.2, 0.25) is 0 Å². The molecule has 0 radical (unpaired) electrons. The van der Waals surface area contributed by atoms with E-state index in [-0.39, 0.29) is 11.3 Å². The summed E-state index contributed by atoms with van der Waals surface area (Å²) in [5, 5.41) is 13.6. The van der Waals surface area contributed by atoms with E-state index in [0.717, 1.165) is 43.7 Å². The van der Waals surface area contributed by atoms with Crippen LogP contribution in [0.4, 0.5) is 0 Å². The van der Waals surface area contributed by atoms with Crippen LogP contribution in [0.15, 0.2) is 30.3 Å². The van der Waals surface area contributed by atoms with Gasteiger partial charge in [0.25, 0.3) is 5.91 Å². The summed E-state index contributed by atoms with van der Waals surface area (Å²) < 4.78 is 0. The van der Waals surface area contributed by atoms with Gasteiger partial charge in [0.15, 0.2) is 5.69 Å². The molecule has 4 rings (SSSR count). The van der Waals surface area contributed by atoms with Crippen molar-refractivity contribution in [2.75, 3.05) is 13.1 Å². The molecule has 0 atom stereocenters. The first-order chi connectivity index (χ1) is 11.3. The van der Waals surface area contributed by atoms with Gasteiger partial charge in [-0.3, -0.25) is 9.89 Å². The van der Waals surface area contributed by atoms with E-state index in [9.17, 15) is 4.79 Å². The molecule has 1 amide bonds. The van der Waals surface area contributed by atoms with Crippen molar-refractivity contribution in [2.45, 2.75) is 32.2 Å². The summed E-state index contributed by atoms with van der Waals surface area (Å²) in [6, 6.07) is 10.5. The van der Waals surface area contributed by atoms with Crippen LogP contribution in [-0.4, -0.2) is 29.2 Å². The van der Waals surface area contributed by atoms with Crippen LogP contribution in [0.3, 0.4) is 0 Å². The number of aromatic amines is 1. The fraction of sp³-hybridized carbons (Fsp3) is 0.444. The van der Waals surface area contributed by atoms with Gasteiger partial charge in [-0.15, -0.1) is 0 Å². The van der Waals surface area contributed by atoms with Crippen LogP contribution < -0.4 is 10.6 Å². The highest BCUT2D eigenvalue weighted by atomic mass is 16.1. The van der Waals surface area contributed by atoms with E-state index in [1.165, 1.54) is 18.4 Å². The zero-order valence-corrected chi connectivity index (χ0v) is 13.2. The van der Waals surface area contributed by atoms with E-state index in [1.807, 2.05) is 6.07 Å². The van der Waals surface area contributed by atoms with E-state index in [2.05, 4.69) is 45.1 Å². The van der Waals surface area contributed by atoms with E-state index in [4.69, 9.17) is 0 Å². The number of benzene rings is 1. The third-order valence-corrected chi connectivity index (χ3v) is 5.02. The van der Waals surface area contributed by atoms with Crippen molar-refractivity contribution in [1.29, 1.82) is 0 Å². The lowest BCUT2D eigenvalue weighted by atomic mass is 9.96. The van der Waals surface area contributed by atoms with E-state index in [0.29, 0.717) is 5.69 Å². The summed E-state index contributed by atoms with van der Waals surface area (Å²) in [6.45, 7) is 2.40. The quantitative estimate of drug-likeness (QED) is 0.789. The maximum Gasteiger partial charge on any atom is 0.272 e. The van der Waals surface area contributed by atoms with Crippen molar-refractivity contribution in [2.24, 2.45) is 5.41 Å². The van der Waals surface area contributed by atoms with Crippen molar-refractivity contribution in [3.63, 3.8) is 0 Å². The number of carbonyl (C=O) groups is 1. The average Bonchev–Trinajstić information content (AvgIpc) is 3.21. The molecule has 1 saturated carbocycles. The van der Waals surface area contributed by atoms with Crippen LogP contribution >= 0.6 is 0 Å². The Hall–Kier alpha value is -2.14. The highest BCUT2D eigenvalue weighted by Crippen LogP contribution is 2.47. The molecule has 0 bridgehead atoms. The molecule has 5 nitrogen and oxygen atoms in total. The number of H-pyrrole nitrogens is 1. The average molecular weight is 310 g/mol. The molecule has 3 N–H and O–H groups in total. The molecule has 0 saturated heterocycles. The van der Waals surface area contributed by atoms with Gasteiger partial charge in [0, 0.05) is 37.3 Å². The smallest absolute Gasteiger partial charge is 0.272 e. The first kappa shape index (κ1) is 14.5. The Balaban J connectivity index is 1.39. The van der Waals surface area contributed by atoms with E-state index < -0.39 is 0 Å². The summed E-state index contributed by atoms with van der Waals surface area (Å²) in [4.78, 5) is 12.5. The maximum absolute atomic E-state index is 12.5. The molecule has 5 heteroatoms.